The molecule has 0 atom stereocenters. The van der Waals surface area contributed by atoms with E-state index < -0.39 is 0 Å². The molecule has 6 rings (SSSR count). The van der Waals surface area contributed by atoms with Crippen LogP contribution >= 0.6 is 23.2 Å². The van der Waals surface area contributed by atoms with Gasteiger partial charge in [0.15, 0.2) is 0 Å². The molecule has 0 fully saturated rings. The van der Waals surface area contributed by atoms with Gasteiger partial charge < -0.3 is 20.1 Å². The standard InChI is InChI=1S/C29H21Cl2FN4O2/c1-35-12-10-22(33-25(37)15-16-14-17(30)2-8-21(16)31)20-7-9-24-26-23(34-29(38)27(26)28(20)35)11-13-36(24)19-5-3-18(32)4-6-19/h2-12,14H,13,15H2,1H3,(H,33,37)(H,34,38). The smallest absolute Gasteiger partial charge is 0.258 e. The first-order valence-corrected chi connectivity index (χ1v) is 12.7. The molecule has 2 N–H and O–H groups in total. The highest BCUT2D eigenvalue weighted by molar-refractivity contribution is 6.33. The quantitative estimate of drug-likeness (QED) is 0.400. The Morgan fingerprint density at radius 2 is 1.87 bits per heavy atom. The molecule has 0 bridgehead atoms. The lowest BCUT2D eigenvalue weighted by Crippen LogP contribution is -2.32. The molecule has 6 nitrogen and oxygen atoms in total. The second-order valence-corrected chi connectivity index (χ2v) is 10.0. The number of anilines is 3. The third-order valence-electron chi connectivity index (χ3n) is 6.80. The molecule has 2 aromatic carbocycles. The number of hydrogen-bond acceptors (Lipinski definition) is 4. The van der Waals surface area contributed by atoms with Gasteiger partial charge in [0.25, 0.3) is 5.56 Å². The fraction of sp³-hybridized carbons (Fsp3) is 0.103. The fourth-order valence-electron chi connectivity index (χ4n) is 5.06. The Hall–Kier alpha value is -4.07. The fourth-order valence-corrected chi connectivity index (χ4v) is 5.44. The molecule has 190 valence electrons. The average Bonchev–Trinajstić information content (AvgIpc) is 3.10. The van der Waals surface area contributed by atoms with Gasteiger partial charge in [0.1, 0.15) is 5.82 Å². The number of halogens is 3. The Balaban J connectivity index is 1.50. The van der Waals surface area contributed by atoms with Crippen molar-refractivity contribution in [1.29, 1.82) is 0 Å². The number of aromatic amines is 1. The number of benzene rings is 2. The largest absolute Gasteiger partial charge is 0.350 e. The molecular formula is C29H21Cl2FN4O2. The molecule has 1 amide bonds. The number of rotatable bonds is 4. The molecule has 38 heavy (non-hydrogen) atoms. The summed E-state index contributed by atoms with van der Waals surface area (Å²) in [4.78, 5) is 33.2. The van der Waals surface area contributed by atoms with E-state index in [9.17, 15) is 14.0 Å². The first-order chi connectivity index (χ1) is 18.3. The van der Waals surface area contributed by atoms with Crippen LogP contribution in [0.2, 0.25) is 10.0 Å². The van der Waals surface area contributed by atoms with Gasteiger partial charge in [-0.15, -0.1) is 0 Å². The zero-order valence-electron chi connectivity index (χ0n) is 20.2. The Labute approximate surface area is 227 Å². The van der Waals surface area contributed by atoms with E-state index in [0.717, 1.165) is 22.3 Å². The first-order valence-electron chi connectivity index (χ1n) is 11.9. The maximum atomic E-state index is 13.6. The van der Waals surface area contributed by atoms with E-state index in [0.29, 0.717) is 44.3 Å². The van der Waals surface area contributed by atoms with Gasteiger partial charge in [-0.05, 0) is 72.3 Å². The van der Waals surface area contributed by atoms with Gasteiger partial charge in [0.05, 0.1) is 29.1 Å². The molecule has 0 unspecified atom stereocenters. The Bertz CT molecular complexity index is 1800. The number of carbonyl (C=O) groups is 1. The maximum absolute atomic E-state index is 13.6. The minimum absolute atomic E-state index is 0.0376. The highest BCUT2D eigenvalue weighted by Gasteiger charge is 2.28. The van der Waals surface area contributed by atoms with Crippen molar-refractivity contribution in [2.45, 2.75) is 6.42 Å². The molecule has 0 spiro atoms. The van der Waals surface area contributed by atoms with Crippen molar-refractivity contribution in [3.63, 3.8) is 0 Å². The van der Waals surface area contributed by atoms with Crippen LogP contribution in [-0.2, 0) is 11.2 Å². The van der Waals surface area contributed by atoms with Gasteiger partial charge in [0.2, 0.25) is 5.91 Å². The van der Waals surface area contributed by atoms with Crippen molar-refractivity contribution in [1.82, 2.24) is 10.3 Å². The van der Waals surface area contributed by atoms with E-state index in [1.165, 1.54) is 12.1 Å². The summed E-state index contributed by atoms with van der Waals surface area (Å²) in [5.41, 5.74) is 4.51. The van der Waals surface area contributed by atoms with Crippen molar-refractivity contribution in [2.24, 2.45) is 0 Å². The summed E-state index contributed by atoms with van der Waals surface area (Å²) in [6.45, 7) is 0.504. The van der Waals surface area contributed by atoms with Gasteiger partial charge in [-0.1, -0.05) is 23.2 Å². The SMILES string of the molecule is CN1C=CC(NC(=O)Cc2cc(Cl)ccc2Cl)=c2ccc3c4c([nH]c(=O)c-4c21)=CCN3c1ccc(F)cc1. The summed E-state index contributed by atoms with van der Waals surface area (Å²) in [6, 6.07) is 15.1. The Morgan fingerprint density at radius 1 is 1.08 bits per heavy atom. The molecule has 0 saturated carbocycles. The van der Waals surface area contributed by atoms with Gasteiger partial charge in [0, 0.05) is 51.7 Å². The van der Waals surface area contributed by atoms with Crippen LogP contribution in [0, 0.1) is 5.82 Å². The monoisotopic (exact) mass is 546 g/mol. The summed E-state index contributed by atoms with van der Waals surface area (Å²) < 4.78 is 13.6. The van der Waals surface area contributed by atoms with E-state index in [1.807, 2.05) is 41.3 Å². The van der Waals surface area contributed by atoms with E-state index in [1.54, 1.807) is 36.4 Å². The van der Waals surface area contributed by atoms with Gasteiger partial charge in [-0.2, -0.15) is 0 Å². The number of H-pyrrole nitrogens is 1. The normalized spacial score (nSPS) is 13.9. The predicted molar refractivity (Wildman–Crippen MR) is 150 cm³/mol. The van der Waals surface area contributed by atoms with Crippen molar-refractivity contribution >= 4 is 57.9 Å². The van der Waals surface area contributed by atoms with Crippen molar-refractivity contribution in [3.05, 3.63) is 109 Å². The zero-order valence-corrected chi connectivity index (χ0v) is 21.7. The molecule has 4 aliphatic rings. The topological polar surface area (TPSA) is 68.4 Å². The summed E-state index contributed by atoms with van der Waals surface area (Å²) in [5, 5.41) is 5.37. The predicted octanol–water partition coefficient (Wildman–Crippen LogP) is 4.29. The molecule has 3 heterocycles. The van der Waals surface area contributed by atoms with Crippen LogP contribution < -0.4 is 31.2 Å². The average molecular weight is 547 g/mol. The maximum Gasteiger partial charge on any atom is 0.258 e. The molecule has 0 saturated heterocycles. The summed E-state index contributed by atoms with van der Waals surface area (Å²) in [6.07, 6.45) is 5.60. The van der Waals surface area contributed by atoms with E-state index >= 15 is 0 Å². The molecular weight excluding hydrogens is 526 g/mol. The van der Waals surface area contributed by atoms with Gasteiger partial charge >= 0.3 is 0 Å². The summed E-state index contributed by atoms with van der Waals surface area (Å²) >= 11 is 12.4. The second kappa shape index (κ2) is 9.35. The van der Waals surface area contributed by atoms with Crippen molar-refractivity contribution in [3.8, 4) is 11.1 Å². The van der Waals surface area contributed by atoms with Crippen LogP contribution in [0.3, 0.4) is 0 Å². The lowest BCUT2D eigenvalue weighted by Gasteiger charge is -2.27. The lowest BCUT2D eigenvalue weighted by atomic mass is 10.0. The first kappa shape index (κ1) is 24.3. The van der Waals surface area contributed by atoms with Crippen LogP contribution in [0.1, 0.15) is 5.56 Å². The molecule has 0 aromatic heterocycles. The zero-order chi connectivity index (χ0) is 26.6. The minimum atomic E-state index is -0.320. The molecule has 9 heteroatoms. The third-order valence-corrected chi connectivity index (χ3v) is 7.40. The van der Waals surface area contributed by atoms with E-state index in [-0.39, 0.29) is 23.7 Å². The number of fused-ring (bicyclic) bond motifs is 2. The van der Waals surface area contributed by atoms with E-state index in [2.05, 4.69) is 10.3 Å². The third kappa shape index (κ3) is 4.14. The van der Waals surface area contributed by atoms with Crippen LogP contribution in [0.4, 0.5) is 21.5 Å². The summed E-state index contributed by atoms with van der Waals surface area (Å²) in [7, 11) is 1.86. The Kier molecular flexibility index (Phi) is 5.97. The minimum Gasteiger partial charge on any atom is -0.350 e. The van der Waals surface area contributed by atoms with Crippen LogP contribution in [0.5, 0.6) is 0 Å². The van der Waals surface area contributed by atoms with Gasteiger partial charge in [-0.25, -0.2) is 4.39 Å². The van der Waals surface area contributed by atoms with Crippen molar-refractivity contribution in [2.75, 3.05) is 23.4 Å². The highest BCUT2D eigenvalue weighted by Crippen LogP contribution is 2.37. The number of nitrogens with zero attached hydrogens (tertiary/aromatic N) is 2. The molecule has 3 aliphatic heterocycles. The highest BCUT2D eigenvalue weighted by atomic mass is 35.5. The number of carbonyl (C=O) groups excluding carboxylic acids is 1. The van der Waals surface area contributed by atoms with Gasteiger partial charge in [-0.3, -0.25) is 9.59 Å². The van der Waals surface area contributed by atoms with Crippen molar-refractivity contribution < 1.29 is 9.18 Å². The molecule has 2 aromatic rings. The van der Waals surface area contributed by atoms with Crippen LogP contribution in [0.25, 0.3) is 22.9 Å². The second-order valence-electron chi connectivity index (χ2n) is 9.19. The van der Waals surface area contributed by atoms with Crippen LogP contribution in [-0.4, -0.2) is 24.5 Å². The number of aromatic nitrogens is 1. The van der Waals surface area contributed by atoms with Crippen LogP contribution in [0.15, 0.2) is 71.7 Å². The lowest BCUT2D eigenvalue weighted by molar-refractivity contribution is -0.119. The molecule has 1 aliphatic carbocycles. The van der Waals surface area contributed by atoms with E-state index in [4.69, 9.17) is 23.2 Å². The molecule has 0 radical (unpaired) electrons. The Morgan fingerprint density at radius 3 is 2.66 bits per heavy atom. The summed E-state index contributed by atoms with van der Waals surface area (Å²) in [5.74, 6) is -0.588. The number of amides is 1. The number of hydrogen-bond donors (Lipinski definition) is 2. The number of nitrogens with one attached hydrogen (secondary N) is 2.